The molecule has 0 radical (unpaired) electrons. The fourth-order valence-corrected chi connectivity index (χ4v) is 2.60. The van der Waals surface area contributed by atoms with Crippen LogP contribution in [0.15, 0.2) is 36.8 Å². The molecule has 4 heteroatoms. The first-order valence-electron chi connectivity index (χ1n) is 5.09. The Labute approximate surface area is 112 Å². The van der Waals surface area contributed by atoms with Gasteiger partial charge in [0.1, 0.15) is 0 Å². The van der Waals surface area contributed by atoms with Crippen LogP contribution in [0.25, 0.3) is 0 Å². The summed E-state index contributed by atoms with van der Waals surface area (Å²) in [5, 5.41) is 0. The minimum atomic E-state index is -0.0556. The van der Waals surface area contributed by atoms with Gasteiger partial charge in [-0.1, -0.05) is 0 Å². The number of hydrogen-bond acceptors (Lipinski definition) is 2. The van der Waals surface area contributed by atoms with Gasteiger partial charge in [0.25, 0.3) is 0 Å². The molecule has 1 atom stereocenters. The van der Waals surface area contributed by atoms with Crippen LogP contribution >= 0.6 is 0 Å². The molecule has 2 rings (SSSR count). The predicted octanol–water partition coefficient (Wildman–Crippen LogP) is 1.86. The number of aromatic nitrogens is 2. The first kappa shape index (κ1) is 11.8. The number of aryl methyl sites for hydroxylation is 1. The van der Waals surface area contributed by atoms with E-state index in [1.54, 1.807) is 7.11 Å². The molecule has 0 spiro atoms. The molecule has 1 heterocycles. The average Bonchev–Trinajstić information content (AvgIpc) is 2.66. The van der Waals surface area contributed by atoms with Crippen molar-refractivity contribution in [3.63, 3.8) is 0 Å². The second kappa shape index (κ2) is 5.09. The number of benzene rings is 1. The molecule has 0 fully saturated rings. The number of rotatable bonds is 3. The van der Waals surface area contributed by atoms with Crippen LogP contribution in [0, 0.1) is 6.92 Å². The van der Waals surface area contributed by atoms with Crippen LogP contribution in [0.2, 0.25) is 0 Å². The monoisotopic (exact) mass is 406 g/mol. The van der Waals surface area contributed by atoms with Crippen LogP contribution in [0.4, 0.5) is 0 Å². The Hall–Kier alpha value is -0.688. The Balaban J connectivity index is 2.36. The Kier molecular flexibility index (Phi) is 3.75. The molecule has 0 saturated heterocycles. The van der Waals surface area contributed by atoms with Crippen LogP contribution in [0.1, 0.15) is 22.9 Å². The van der Waals surface area contributed by atoms with Gasteiger partial charge in [-0.25, -0.2) is 0 Å². The van der Waals surface area contributed by atoms with E-state index in [0.29, 0.717) is 0 Å². The van der Waals surface area contributed by atoms with E-state index in [0.717, 1.165) is 37.3 Å². The van der Waals surface area contributed by atoms with Crippen LogP contribution in [0.3, 0.4) is 0 Å². The van der Waals surface area contributed by atoms with Crippen molar-refractivity contribution in [2.75, 3.05) is 7.11 Å². The van der Waals surface area contributed by atoms with E-state index in [4.69, 9.17) is 4.74 Å². The molecule has 0 aliphatic heterocycles. The zero-order valence-electron chi connectivity index (χ0n) is 9.42. The third-order valence-electron chi connectivity index (χ3n) is 2.47. The summed E-state index contributed by atoms with van der Waals surface area (Å²) < 4.78 is 7.63. The molecule has 1 unspecified atom stereocenters. The van der Waals surface area contributed by atoms with Crippen LogP contribution in [0.5, 0.6) is 0 Å². The van der Waals surface area contributed by atoms with E-state index in [1.165, 1.54) is 5.56 Å². The molecule has 1 aromatic carbocycles. The molecule has 3 nitrogen and oxygen atoms in total. The average molecular weight is 406 g/mol. The van der Waals surface area contributed by atoms with Crippen molar-refractivity contribution in [3.8, 4) is 0 Å². The Bertz CT molecular complexity index is 481. The maximum absolute atomic E-state index is 5.53. The van der Waals surface area contributed by atoms with Gasteiger partial charge in [-0.3, -0.25) is 0 Å². The molecule has 0 amide bonds. The van der Waals surface area contributed by atoms with E-state index >= 15 is 0 Å². The summed E-state index contributed by atoms with van der Waals surface area (Å²) in [6.45, 7) is 2.09. The van der Waals surface area contributed by atoms with Gasteiger partial charge < -0.3 is 0 Å². The summed E-state index contributed by atoms with van der Waals surface area (Å²) in [5.41, 5.74) is 3.38. The van der Waals surface area contributed by atoms with E-state index in [2.05, 4.69) is 44.7 Å². The van der Waals surface area contributed by atoms with Crippen molar-refractivity contribution >= 4 is 26.1 Å². The molecule has 80 valence electrons. The van der Waals surface area contributed by atoms with Gasteiger partial charge in [0, 0.05) is 0 Å². The van der Waals surface area contributed by atoms with Crippen molar-refractivity contribution in [1.82, 2.24) is 7.36 Å². The zero-order valence-corrected chi connectivity index (χ0v) is 13.9. The summed E-state index contributed by atoms with van der Waals surface area (Å²) in [6.07, 6.45) is 3.86. The summed E-state index contributed by atoms with van der Waals surface area (Å²) in [4.78, 5) is 4.37. The van der Waals surface area contributed by atoms with Crippen molar-refractivity contribution in [2.45, 2.75) is 13.0 Å². The standard InChI is InChI=1S/C12H13N2O.Tl/c1-9-4-3-5-10(6-9)12(15-2)11-7-13-8-14-11;/h3-8,12H,1-2H3;/q-1;+1. The molecule has 0 N–H and O–H groups in total. The van der Waals surface area contributed by atoms with Crippen molar-refractivity contribution < 1.29 is 4.74 Å². The first-order chi connectivity index (χ1) is 7.70. The molecule has 0 aliphatic rings. The van der Waals surface area contributed by atoms with Crippen LogP contribution in [-0.4, -0.2) is 40.5 Å². The third kappa shape index (κ3) is 2.52. The number of imidazole rings is 1. The third-order valence-corrected chi connectivity index (χ3v) is 3.57. The number of ether oxygens (including phenoxy) is 1. The number of nitrogens with zero attached hydrogens (tertiary/aromatic N) is 2. The SMILES string of the molecule is COC(c1cccc(C)c1)c1c[n]([Tl])cn1. The van der Waals surface area contributed by atoms with Crippen molar-refractivity contribution in [3.05, 3.63) is 53.6 Å². The van der Waals surface area contributed by atoms with Gasteiger partial charge in [0.05, 0.1) is 0 Å². The fourth-order valence-electron chi connectivity index (χ4n) is 1.75. The zero-order chi connectivity index (χ0) is 11.5. The Morgan fingerprint density at radius 1 is 1.44 bits per heavy atom. The second-order valence-electron chi connectivity index (χ2n) is 3.78. The van der Waals surface area contributed by atoms with Gasteiger partial charge in [-0.05, 0) is 0 Å². The second-order valence-corrected chi connectivity index (χ2v) is 6.09. The molecule has 2 aromatic rings. The quantitative estimate of drug-likeness (QED) is 0.729. The Morgan fingerprint density at radius 2 is 2.25 bits per heavy atom. The summed E-state index contributed by atoms with van der Waals surface area (Å²) >= 11 is 0.751. The van der Waals surface area contributed by atoms with Crippen LogP contribution in [-0.2, 0) is 4.74 Å². The van der Waals surface area contributed by atoms with Gasteiger partial charge in [-0.2, -0.15) is 0 Å². The van der Waals surface area contributed by atoms with Gasteiger partial charge in [0.2, 0.25) is 0 Å². The van der Waals surface area contributed by atoms with E-state index in [9.17, 15) is 0 Å². The fraction of sp³-hybridized carbons (Fsp3) is 0.250. The van der Waals surface area contributed by atoms with Crippen LogP contribution < -0.4 is 0 Å². The number of methoxy groups -OCH3 is 1. The molecule has 0 bridgehead atoms. The maximum atomic E-state index is 5.53. The molecule has 0 aliphatic carbocycles. The van der Waals surface area contributed by atoms with Gasteiger partial charge >= 0.3 is 112 Å². The summed E-state index contributed by atoms with van der Waals surface area (Å²) in [5.74, 6) is 0. The molecule has 1 aromatic heterocycles. The molecule has 16 heavy (non-hydrogen) atoms. The normalized spacial score (nSPS) is 12.6. The summed E-state index contributed by atoms with van der Waals surface area (Å²) in [6, 6.07) is 8.36. The molecular weight excluding hydrogens is 393 g/mol. The topological polar surface area (TPSA) is 27.1 Å². The van der Waals surface area contributed by atoms with E-state index in [-0.39, 0.29) is 6.10 Å². The predicted molar refractivity (Wildman–Crippen MR) is 63.4 cm³/mol. The van der Waals surface area contributed by atoms with Gasteiger partial charge in [0.15, 0.2) is 0 Å². The first-order valence-corrected chi connectivity index (χ1v) is 7.10. The number of hydrogen-bond donors (Lipinski definition) is 0. The van der Waals surface area contributed by atoms with E-state index in [1.807, 2.05) is 6.33 Å². The molecular formula is C12H13N2OTl. The van der Waals surface area contributed by atoms with Crippen molar-refractivity contribution in [2.24, 2.45) is 0 Å². The van der Waals surface area contributed by atoms with E-state index < -0.39 is 0 Å². The van der Waals surface area contributed by atoms with Crippen molar-refractivity contribution in [1.29, 1.82) is 0 Å². The minimum absolute atomic E-state index is 0.0556. The molecule has 0 saturated carbocycles. The summed E-state index contributed by atoms with van der Waals surface area (Å²) in [7, 11) is 1.72. The Morgan fingerprint density at radius 3 is 2.81 bits per heavy atom. The van der Waals surface area contributed by atoms with Gasteiger partial charge in [-0.15, -0.1) is 0 Å².